The van der Waals surface area contributed by atoms with E-state index >= 15 is 0 Å². The van der Waals surface area contributed by atoms with Gasteiger partial charge in [0.15, 0.2) is 0 Å². The lowest BCUT2D eigenvalue weighted by atomic mass is 15.7. The molecule has 0 saturated heterocycles. The van der Waals surface area contributed by atoms with Gasteiger partial charge in [-0.1, -0.05) is 0 Å². The van der Waals surface area contributed by atoms with Gasteiger partial charge in [-0.2, -0.15) is 0 Å². The molecule has 0 rings (SSSR count). The molecule has 41 valence electrons. The van der Waals surface area contributed by atoms with Gasteiger partial charge in [-0.3, -0.25) is 0 Å². The van der Waals surface area contributed by atoms with Crippen molar-refractivity contribution < 1.29 is 17.1 Å². The SMILES string of the molecule is O[Si]O[Si]O[Si]O[Si]. The second-order valence-corrected chi connectivity index (χ2v) is 3.53. The maximum Gasteiger partial charge on any atom is 0.420 e. The molecule has 0 aromatic carbocycles. The molecule has 0 bridgehead atoms. The van der Waals surface area contributed by atoms with Gasteiger partial charge in [-0.05, 0) is 0 Å². The third-order valence-corrected chi connectivity index (χ3v) is 1.91. The van der Waals surface area contributed by atoms with Crippen LogP contribution in [0.25, 0.3) is 0 Å². The maximum absolute atomic E-state index is 8.05. The quantitative estimate of drug-likeness (QED) is 0.379. The van der Waals surface area contributed by atoms with E-state index in [0.29, 0.717) is 0 Å². The predicted molar refractivity (Wildman–Crippen MR) is 28.5 cm³/mol. The second kappa shape index (κ2) is 7.71. The van der Waals surface area contributed by atoms with Gasteiger partial charge in [0.05, 0.1) is 0 Å². The van der Waals surface area contributed by atoms with Crippen molar-refractivity contribution >= 4 is 40.5 Å². The molecule has 0 fully saturated rings. The Balaban J connectivity index is 2.53. The summed E-state index contributed by atoms with van der Waals surface area (Å²) in [6.07, 6.45) is 0. The summed E-state index contributed by atoms with van der Waals surface area (Å²) in [5, 5.41) is 0. The van der Waals surface area contributed by atoms with Gasteiger partial charge in [-0.25, -0.2) is 0 Å². The van der Waals surface area contributed by atoms with Crippen molar-refractivity contribution in [3.8, 4) is 0 Å². The van der Waals surface area contributed by atoms with Crippen LogP contribution in [-0.4, -0.2) is 45.3 Å². The fourth-order valence-electron chi connectivity index (χ4n) is 0.0773. The van der Waals surface area contributed by atoms with E-state index in [2.05, 4.69) is 22.8 Å². The van der Waals surface area contributed by atoms with E-state index in [1.807, 2.05) is 0 Å². The first-order valence-electron chi connectivity index (χ1n) is 1.45. The molecule has 9 radical (unpaired) electrons. The Morgan fingerprint density at radius 3 is 2.50 bits per heavy atom. The van der Waals surface area contributed by atoms with Gasteiger partial charge in [0.1, 0.15) is 0 Å². The van der Waals surface area contributed by atoms with Crippen LogP contribution in [0.15, 0.2) is 0 Å². The highest BCUT2D eigenvalue weighted by Crippen LogP contribution is 1.66. The maximum atomic E-state index is 8.05. The molecule has 1 N–H and O–H groups in total. The van der Waals surface area contributed by atoms with Crippen molar-refractivity contribution in [3.63, 3.8) is 0 Å². The summed E-state index contributed by atoms with van der Waals surface area (Å²) in [5.41, 5.74) is 0. The summed E-state index contributed by atoms with van der Waals surface area (Å²) >= 11 is 0. The molecule has 4 nitrogen and oxygen atoms in total. The molecule has 0 spiro atoms. The van der Waals surface area contributed by atoms with E-state index in [1.54, 1.807) is 0 Å². The highest BCUT2D eigenvalue weighted by molar-refractivity contribution is 6.42. The zero-order valence-corrected chi connectivity index (χ0v) is 7.67. The first kappa shape index (κ1) is 8.71. The zero-order chi connectivity index (χ0) is 6.24. The average molecular weight is 177 g/mol. The number of hydrogen-bond acceptors (Lipinski definition) is 4. The monoisotopic (exact) mass is 177 g/mol. The van der Waals surface area contributed by atoms with Crippen LogP contribution in [0.4, 0.5) is 0 Å². The molecule has 0 aliphatic carbocycles. The molecule has 0 aromatic rings. The molecule has 0 atom stereocenters. The summed E-state index contributed by atoms with van der Waals surface area (Å²) in [4.78, 5) is 8.05. The number of hydrogen-bond donors (Lipinski definition) is 1. The van der Waals surface area contributed by atoms with E-state index in [1.165, 1.54) is 0 Å². The fourth-order valence-corrected chi connectivity index (χ4v) is 1.45. The summed E-state index contributed by atoms with van der Waals surface area (Å²) in [7, 11) is 1.99. The lowest BCUT2D eigenvalue weighted by Gasteiger charge is -1.93. The zero-order valence-electron chi connectivity index (χ0n) is 3.67. The minimum Gasteiger partial charge on any atom is -0.435 e. The lowest BCUT2D eigenvalue weighted by molar-refractivity contribution is 0.398. The first-order valence-corrected chi connectivity index (χ1v) is 4.35. The van der Waals surface area contributed by atoms with Crippen molar-refractivity contribution in [2.24, 2.45) is 0 Å². The molecule has 0 aliphatic heterocycles. The topological polar surface area (TPSA) is 47.9 Å². The van der Waals surface area contributed by atoms with Crippen LogP contribution >= 0.6 is 0 Å². The normalized spacial score (nSPS) is 9.75. The van der Waals surface area contributed by atoms with Crippen molar-refractivity contribution in [3.05, 3.63) is 0 Å². The van der Waals surface area contributed by atoms with Gasteiger partial charge in [-0.15, -0.1) is 0 Å². The Kier molecular flexibility index (Phi) is 8.39. The van der Waals surface area contributed by atoms with E-state index in [0.717, 1.165) is 0 Å². The van der Waals surface area contributed by atoms with E-state index in [9.17, 15) is 0 Å². The predicted octanol–water partition coefficient (Wildman–Crippen LogP) is -2.29. The molecule has 0 saturated carbocycles. The Hall–Kier alpha value is 0.708. The molecule has 8 heavy (non-hydrogen) atoms. The van der Waals surface area contributed by atoms with Gasteiger partial charge in [0.25, 0.3) is 0 Å². The second-order valence-electron chi connectivity index (χ2n) is 0.564. The average Bonchev–Trinajstić information content (AvgIpc) is 1.81. The smallest absolute Gasteiger partial charge is 0.420 e. The molecular formula is HO4Si4. The summed E-state index contributed by atoms with van der Waals surface area (Å²) < 4.78 is 13.4. The van der Waals surface area contributed by atoms with Crippen LogP contribution in [0, 0.1) is 0 Å². The van der Waals surface area contributed by atoms with Gasteiger partial charge >= 0.3 is 30.0 Å². The standard InChI is InChI=1S/HO4Si4/c1-6-3-8-4-7-2-5/h1H. The number of rotatable bonds is 5. The third-order valence-electron chi connectivity index (χ3n) is 0.212. The lowest BCUT2D eigenvalue weighted by Crippen LogP contribution is -2.12. The molecule has 8 heteroatoms. The van der Waals surface area contributed by atoms with Crippen molar-refractivity contribution in [1.29, 1.82) is 0 Å². The van der Waals surface area contributed by atoms with Crippen LogP contribution in [0.2, 0.25) is 0 Å². The van der Waals surface area contributed by atoms with Crippen molar-refractivity contribution in [2.45, 2.75) is 0 Å². The van der Waals surface area contributed by atoms with E-state index in [-0.39, 0.29) is 20.0 Å². The minimum atomic E-state index is -0.511. The van der Waals surface area contributed by atoms with Crippen molar-refractivity contribution in [1.82, 2.24) is 0 Å². The molecule has 0 aliphatic rings. The van der Waals surface area contributed by atoms with E-state index < -0.39 is 10.0 Å². The van der Waals surface area contributed by atoms with Gasteiger partial charge < -0.3 is 17.1 Å². The molecule has 0 unspecified atom stereocenters. The van der Waals surface area contributed by atoms with Gasteiger partial charge in [0, 0.05) is 0 Å². The molecule has 0 aromatic heterocycles. The Morgan fingerprint density at radius 1 is 1.25 bits per heavy atom. The molecule has 0 amide bonds. The fraction of sp³-hybridized carbons (Fsp3) is 0. The Morgan fingerprint density at radius 2 is 2.00 bits per heavy atom. The highest BCUT2D eigenvalue weighted by Gasteiger charge is 1.92. The minimum absolute atomic E-state index is 0.0810. The summed E-state index contributed by atoms with van der Waals surface area (Å²) in [6, 6.07) is 0. The van der Waals surface area contributed by atoms with Crippen LogP contribution < -0.4 is 0 Å². The van der Waals surface area contributed by atoms with Crippen molar-refractivity contribution in [2.75, 3.05) is 0 Å². The first-order chi connectivity index (χ1) is 3.91. The van der Waals surface area contributed by atoms with Crippen LogP contribution in [0.3, 0.4) is 0 Å². The molecule has 0 heterocycles. The largest absolute Gasteiger partial charge is 0.435 e. The van der Waals surface area contributed by atoms with Crippen LogP contribution in [0.5, 0.6) is 0 Å². The van der Waals surface area contributed by atoms with E-state index in [4.69, 9.17) is 4.80 Å². The summed E-state index contributed by atoms with van der Waals surface area (Å²) in [6.45, 7) is 0. The van der Waals surface area contributed by atoms with Crippen LogP contribution in [0.1, 0.15) is 0 Å². The third kappa shape index (κ3) is 6.71. The Bertz CT molecular complexity index is 33.0. The molecular weight excluding hydrogens is 176 g/mol. The summed E-state index contributed by atoms with van der Waals surface area (Å²) in [5.74, 6) is 0. The van der Waals surface area contributed by atoms with Gasteiger partial charge in [0.2, 0.25) is 10.5 Å². The Labute approximate surface area is 58.3 Å². The van der Waals surface area contributed by atoms with Crippen LogP contribution in [-0.2, 0) is 12.3 Å². The highest BCUT2D eigenvalue weighted by atomic mass is 28.4.